The summed E-state index contributed by atoms with van der Waals surface area (Å²) in [5, 5.41) is 4.33. The molecule has 0 aliphatic carbocycles. The average molecular weight is 338 g/mol. The van der Waals surface area contributed by atoms with Gasteiger partial charge in [-0.3, -0.25) is 4.68 Å². The van der Waals surface area contributed by atoms with E-state index in [-0.39, 0.29) is 11.7 Å². The largest absolute Gasteiger partial charge is 0.370 e. The highest BCUT2D eigenvalue weighted by Crippen LogP contribution is 2.30. The third kappa shape index (κ3) is 2.82. The van der Waals surface area contributed by atoms with Gasteiger partial charge in [0.05, 0.1) is 18.2 Å². The highest BCUT2D eigenvalue weighted by atomic mass is 79.9. The summed E-state index contributed by atoms with van der Waals surface area (Å²) in [6.07, 6.45) is 2.51. The van der Waals surface area contributed by atoms with Crippen molar-refractivity contribution >= 4 is 31.9 Å². The van der Waals surface area contributed by atoms with Crippen LogP contribution in [0.4, 0.5) is 0 Å². The summed E-state index contributed by atoms with van der Waals surface area (Å²) in [6.45, 7) is 5.09. The van der Waals surface area contributed by atoms with E-state index in [0.29, 0.717) is 0 Å². The lowest BCUT2D eigenvalue weighted by Crippen LogP contribution is -2.23. The number of halogens is 2. The molecular formula is C10H14Br2N2O. The quantitative estimate of drug-likeness (QED) is 0.827. The van der Waals surface area contributed by atoms with Gasteiger partial charge in [-0.15, -0.1) is 0 Å². The second-order valence-corrected chi connectivity index (χ2v) is 6.14. The smallest absolute Gasteiger partial charge is 0.129 e. The molecule has 84 valence electrons. The van der Waals surface area contributed by atoms with Crippen LogP contribution >= 0.6 is 31.9 Å². The molecule has 0 amide bonds. The molecule has 0 bridgehead atoms. The first-order chi connectivity index (χ1) is 6.96. The van der Waals surface area contributed by atoms with E-state index in [4.69, 9.17) is 4.74 Å². The van der Waals surface area contributed by atoms with E-state index in [2.05, 4.69) is 50.8 Å². The summed E-state index contributed by atoms with van der Waals surface area (Å²) in [5.41, 5.74) is 0.0293. The molecule has 0 spiro atoms. The molecule has 1 aromatic rings. The number of nitrogens with zero attached hydrogens (tertiary/aromatic N) is 2. The van der Waals surface area contributed by atoms with Gasteiger partial charge in [-0.2, -0.15) is 5.10 Å². The van der Waals surface area contributed by atoms with Crippen molar-refractivity contribution in [3.63, 3.8) is 0 Å². The zero-order valence-corrected chi connectivity index (χ0v) is 12.0. The molecule has 15 heavy (non-hydrogen) atoms. The Bertz CT molecular complexity index is 362. The van der Waals surface area contributed by atoms with Crippen LogP contribution in [-0.4, -0.2) is 21.5 Å². The molecule has 1 aliphatic heterocycles. The fourth-order valence-electron chi connectivity index (χ4n) is 1.89. The number of hydrogen-bond donors (Lipinski definition) is 0. The number of rotatable bonds is 2. The fourth-order valence-corrected chi connectivity index (χ4v) is 3.05. The van der Waals surface area contributed by atoms with Crippen LogP contribution in [0.15, 0.2) is 15.3 Å². The molecule has 0 radical (unpaired) electrons. The molecular weight excluding hydrogens is 324 g/mol. The molecule has 1 aliphatic rings. The summed E-state index contributed by atoms with van der Waals surface area (Å²) in [7, 11) is 0. The Morgan fingerprint density at radius 3 is 2.80 bits per heavy atom. The van der Waals surface area contributed by atoms with Crippen LogP contribution in [-0.2, 0) is 11.3 Å². The summed E-state index contributed by atoms with van der Waals surface area (Å²) >= 11 is 6.82. The third-order valence-electron chi connectivity index (χ3n) is 2.63. The molecule has 2 heterocycles. The number of ether oxygens (including phenoxy) is 1. The summed E-state index contributed by atoms with van der Waals surface area (Å²) in [5.74, 6) is 0. The Kier molecular flexibility index (Phi) is 3.24. The standard InChI is InChI=1S/C10H14Br2N2O/c1-10(2)4-3-7(15-10)6-14-9(12)5-8(11)13-14/h5,7H,3-4,6H2,1-2H3. The zero-order valence-electron chi connectivity index (χ0n) is 8.83. The third-order valence-corrected chi connectivity index (χ3v) is 3.66. The van der Waals surface area contributed by atoms with Crippen molar-refractivity contribution < 1.29 is 4.74 Å². The summed E-state index contributed by atoms with van der Waals surface area (Å²) < 4.78 is 9.69. The van der Waals surface area contributed by atoms with Gasteiger partial charge in [0.15, 0.2) is 0 Å². The van der Waals surface area contributed by atoms with Crippen LogP contribution < -0.4 is 0 Å². The van der Waals surface area contributed by atoms with Crippen molar-refractivity contribution in [2.75, 3.05) is 0 Å². The van der Waals surface area contributed by atoms with Gasteiger partial charge in [0.25, 0.3) is 0 Å². The highest BCUT2D eigenvalue weighted by Gasteiger charge is 2.32. The van der Waals surface area contributed by atoms with Gasteiger partial charge in [-0.25, -0.2) is 0 Å². The molecule has 1 atom stereocenters. The second-order valence-electron chi connectivity index (χ2n) is 4.51. The fraction of sp³-hybridized carbons (Fsp3) is 0.700. The maximum absolute atomic E-state index is 5.92. The minimum absolute atomic E-state index is 0.0293. The Morgan fingerprint density at radius 1 is 1.60 bits per heavy atom. The molecule has 0 aromatic carbocycles. The van der Waals surface area contributed by atoms with Gasteiger partial charge in [0.1, 0.15) is 9.21 Å². The minimum atomic E-state index is 0.0293. The first-order valence-electron chi connectivity index (χ1n) is 5.03. The molecule has 0 saturated carbocycles. The van der Waals surface area contributed by atoms with Gasteiger partial charge < -0.3 is 4.74 Å². The van der Waals surface area contributed by atoms with Crippen LogP contribution in [0.5, 0.6) is 0 Å². The zero-order chi connectivity index (χ0) is 11.1. The maximum atomic E-state index is 5.92. The predicted octanol–water partition coefficient (Wildman–Crippen LogP) is 3.37. The van der Waals surface area contributed by atoms with Crippen molar-refractivity contribution in [2.45, 2.75) is 44.9 Å². The van der Waals surface area contributed by atoms with Gasteiger partial charge in [-0.05, 0) is 58.5 Å². The molecule has 1 unspecified atom stereocenters. The van der Waals surface area contributed by atoms with Crippen molar-refractivity contribution in [2.24, 2.45) is 0 Å². The van der Waals surface area contributed by atoms with Gasteiger partial charge in [-0.1, -0.05) is 0 Å². The van der Waals surface area contributed by atoms with E-state index in [9.17, 15) is 0 Å². The van der Waals surface area contributed by atoms with Gasteiger partial charge in [0.2, 0.25) is 0 Å². The molecule has 3 nitrogen and oxygen atoms in total. The average Bonchev–Trinajstić information content (AvgIpc) is 2.57. The Hall–Kier alpha value is 0.130. The maximum Gasteiger partial charge on any atom is 0.129 e. The minimum Gasteiger partial charge on any atom is -0.370 e. The lowest BCUT2D eigenvalue weighted by atomic mass is 10.1. The highest BCUT2D eigenvalue weighted by molar-refractivity contribution is 9.11. The van der Waals surface area contributed by atoms with E-state index in [1.165, 1.54) is 0 Å². The first-order valence-corrected chi connectivity index (χ1v) is 6.61. The summed E-state index contributed by atoms with van der Waals surface area (Å²) in [4.78, 5) is 0. The van der Waals surface area contributed by atoms with Crippen LogP contribution in [0, 0.1) is 0 Å². The lowest BCUT2D eigenvalue weighted by molar-refractivity contribution is -0.0232. The van der Waals surface area contributed by atoms with Crippen LogP contribution in [0.1, 0.15) is 26.7 Å². The topological polar surface area (TPSA) is 27.1 Å². The van der Waals surface area contributed by atoms with Crippen molar-refractivity contribution in [1.29, 1.82) is 0 Å². The summed E-state index contributed by atoms with van der Waals surface area (Å²) in [6, 6.07) is 1.94. The van der Waals surface area contributed by atoms with Gasteiger partial charge >= 0.3 is 0 Å². The van der Waals surface area contributed by atoms with E-state index in [1.54, 1.807) is 0 Å². The Morgan fingerprint density at radius 2 is 2.33 bits per heavy atom. The molecule has 1 fully saturated rings. The molecule has 1 saturated heterocycles. The molecule has 1 aromatic heterocycles. The number of aromatic nitrogens is 2. The Labute approximate surface area is 106 Å². The molecule has 2 rings (SSSR count). The van der Waals surface area contributed by atoms with Gasteiger partial charge in [0, 0.05) is 6.07 Å². The van der Waals surface area contributed by atoms with E-state index >= 15 is 0 Å². The normalized spacial score (nSPS) is 24.7. The SMILES string of the molecule is CC1(C)CCC(Cn2nc(Br)cc2Br)O1. The molecule has 0 N–H and O–H groups in total. The van der Waals surface area contributed by atoms with E-state index < -0.39 is 0 Å². The van der Waals surface area contributed by atoms with Crippen LogP contribution in [0.2, 0.25) is 0 Å². The van der Waals surface area contributed by atoms with Crippen molar-refractivity contribution in [3.05, 3.63) is 15.3 Å². The van der Waals surface area contributed by atoms with Crippen molar-refractivity contribution in [1.82, 2.24) is 9.78 Å². The van der Waals surface area contributed by atoms with E-state index in [0.717, 1.165) is 28.6 Å². The number of hydrogen-bond acceptors (Lipinski definition) is 2. The molecule has 5 heteroatoms. The first kappa shape index (κ1) is 11.6. The predicted molar refractivity (Wildman–Crippen MR) is 65.8 cm³/mol. The monoisotopic (exact) mass is 336 g/mol. The second kappa shape index (κ2) is 4.18. The van der Waals surface area contributed by atoms with E-state index in [1.807, 2.05) is 10.7 Å². The van der Waals surface area contributed by atoms with Crippen LogP contribution in [0.3, 0.4) is 0 Å². The Balaban J connectivity index is 2.01. The van der Waals surface area contributed by atoms with Crippen molar-refractivity contribution in [3.8, 4) is 0 Å². The van der Waals surface area contributed by atoms with Crippen LogP contribution in [0.25, 0.3) is 0 Å². The lowest BCUT2D eigenvalue weighted by Gasteiger charge is -2.19.